The van der Waals surface area contributed by atoms with Crippen molar-refractivity contribution in [3.63, 3.8) is 0 Å². The highest BCUT2D eigenvalue weighted by Crippen LogP contribution is 2.28. The van der Waals surface area contributed by atoms with Gasteiger partial charge in [0.05, 0.1) is 19.3 Å². The van der Waals surface area contributed by atoms with Crippen molar-refractivity contribution in [3.8, 4) is 0 Å². The number of hydrogen-bond donors (Lipinski definition) is 0. The van der Waals surface area contributed by atoms with Gasteiger partial charge in [-0.1, -0.05) is 12.8 Å². The first-order valence-electron chi connectivity index (χ1n) is 7.10. The Morgan fingerprint density at radius 3 is 2.75 bits per heavy atom. The molecule has 20 heavy (non-hydrogen) atoms. The van der Waals surface area contributed by atoms with E-state index >= 15 is 0 Å². The van der Waals surface area contributed by atoms with Gasteiger partial charge in [-0.25, -0.2) is 8.78 Å². The average Bonchev–Trinajstić information content (AvgIpc) is 2.43. The lowest BCUT2D eigenvalue weighted by Gasteiger charge is -2.43. The SMILES string of the molecule is FC(F)C(F)(F)COCCN1CCOC2CCCCC21. The Balaban J connectivity index is 1.70. The number of morpholine rings is 1. The quantitative estimate of drug-likeness (QED) is 0.556. The van der Waals surface area contributed by atoms with Crippen molar-refractivity contribution in [2.45, 2.75) is 50.2 Å². The molecule has 7 heteroatoms. The molecule has 0 N–H and O–H groups in total. The van der Waals surface area contributed by atoms with Crippen molar-refractivity contribution >= 4 is 0 Å². The van der Waals surface area contributed by atoms with Crippen LogP contribution in [0.1, 0.15) is 25.7 Å². The predicted molar refractivity (Wildman–Crippen MR) is 65.3 cm³/mol. The summed E-state index contributed by atoms with van der Waals surface area (Å²) in [6.45, 7) is 0.697. The molecule has 0 amide bonds. The van der Waals surface area contributed by atoms with Gasteiger partial charge in [0.15, 0.2) is 0 Å². The zero-order valence-corrected chi connectivity index (χ0v) is 11.4. The molecule has 2 unspecified atom stereocenters. The van der Waals surface area contributed by atoms with Gasteiger partial charge in [0.2, 0.25) is 0 Å². The van der Waals surface area contributed by atoms with E-state index in [9.17, 15) is 17.6 Å². The maximum atomic E-state index is 12.7. The monoisotopic (exact) mass is 299 g/mol. The number of alkyl halides is 4. The predicted octanol–water partition coefficient (Wildman–Crippen LogP) is 2.55. The molecule has 0 aromatic heterocycles. The van der Waals surface area contributed by atoms with Crippen LogP contribution in [0.4, 0.5) is 17.6 Å². The van der Waals surface area contributed by atoms with E-state index in [1.165, 1.54) is 0 Å². The molecule has 3 nitrogen and oxygen atoms in total. The van der Waals surface area contributed by atoms with E-state index in [1.54, 1.807) is 0 Å². The molecule has 2 rings (SSSR count). The van der Waals surface area contributed by atoms with Crippen LogP contribution < -0.4 is 0 Å². The van der Waals surface area contributed by atoms with Gasteiger partial charge in [0.25, 0.3) is 0 Å². The van der Waals surface area contributed by atoms with E-state index in [0.29, 0.717) is 19.2 Å². The minimum Gasteiger partial charge on any atom is -0.375 e. The lowest BCUT2D eigenvalue weighted by Crippen LogP contribution is -2.53. The van der Waals surface area contributed by atoms with E-state index < -0.39 is 19.0 Å². The zero-order valence-electron chi connectivity index (χ0n) is 11.4. The van der Waals surface area contributed by atoms with Crippen LogP contribution >= 0.6 is 0 Å². The highest BCUT2D eigenvalue weighted by molar-refractivity contribution is 4.87. The first kappa shape index (κ1) is 16.0. The van der Waals surface area contributed by atoms with Crippen LogP contribution in [0.5, 0.6) is 0 Å². The van der Waals surface area contributed by atoms with Gasteiger partial charge < -0.3 is 9.47 Å². The Morgan fingerprint density at radius 2 is 2.00 bits per heavy atom. The molecule has 1 heterocycles. The third-order valence-corrected chi connectivity index (χ3v) is 3.98. The van der Waals surface area contributed by atoms with Crippen molar-refractivity contribution in [1.29, 1.82) is 0 Å². The third-order valence-electron chi connectivity index (χ3n) is 3.98. The minimum absolute atomic E-state index is 0.0472. The van der Waals surface area contributed by atoms with E-state index in [4.69, 9.17) is 9.47 Å². The summed E-state index contributed by atoms with van der Waals surface area (Å²) < 4.78 is 59.7. The molecule has 2 fully saturated rings. The van der Waals surface area contributed by atoms with Gasteiger partial charge in [-0.3, -0.25) is 4.90 Å². The molecule has 1 saturated carbocycles. The Labute approximate surface area is 116 Å². The minimum atomic E-state index is -4.06. The number of rotatable bonds is 6. The summed E-state index contributed by atoms with van der Waals surface area (Å²) in [4.78, 5) is 2.17. The number of hydrogen-bond acceptors (Lipinski definition) is 3. The second-order valence-electron chi connectivity index (χ2n) is 5.41. The third kappa shape index (κ3) is 4.05. The normalized spacial score (nSPS) is 28.6. The molecule has 0 bridgehead atoms. The second kappa shape index (κ2) is 7.04. The Morgan fingerprint density at radius 1 is 1.25 bits per heavy atom. The molecule has 0 aromatic rings. The fourth-order valence-corrected chi connectivity index (χ4v) is 2.91. The first-order chi connectivity index (χ1) is 9.50. The van der Waals surface area contributed by atoms with E-state index in [2.05, 4.69) is 4.90 Å². The second-order valence-corrected chi connectivity index (χ2v) is 5.41. The maximum absolute atomic E-state index is 12.7. The lowest BCUT2D eigenvalue weighted by molar-refractivity contribution is -0.168. The highest BCUT2D eigenvalue weighted by atomic mass is 19.3. The molecule has 2 aliphatic rings. The Hall–Kier alpha value is -0.400. The average molecular weight is 299 g/mol. The fraction of sp³-hybridized carbons (Fsp3) is 1.00. The van der Waals surface area contributed by atoms with Gasteiger partial charge in [0, 0.05) is 19.1 Å². The van der Waals surface area contributed by atoms with Gasteiger partial charge in [-0.15, -0.1) is 0 Å². The molecule has 0 aromatic carbocycles. The summed E-state index contributed by atoms with van der Waals surface area (Å²) >= 11 is 0. The van der Waals surface area contributed by atoms with Crippen LogP contribution in [0, 0.1) is 0 Å². The molecule has 118 valence electrons. The van der Waals surface area contributed by atoms with Crippen LogP contribution in [-0.2, 0) is 9.47 Å². The summed E-state index contributed by atoms with van der Waals surface area (Å²) in [7, 11) is 0. The summed E-state index contributed by atoms with van der Waals surface area (Å²) in [5, 5.41) is 0. The molecule has 2 atom stereocenters. The standard InChI is InChI=1S/C13H21F4NO2/c14-12(15)13(16,17)9-19-7-5-18-6-8-20-11-4-2-1-3-10(11)18/h10-12H,1-9H2. The van der Waals surface area contributed by atoms with Crippen LogP contribution in [0.3, 0.4) is 0 Å². The van der Waals surface area contributed by atoms with Crippen LogP contribution in [0.2, 0.25) is 0 Å². The summed E-state index contributed by atoms with van der Waals surface area (Å²) in [6, 6.07) is 0.316. The van der Waals surface area contributed by atoms with E-state index in [-0.39, 0.29) is 12.7 Å². The first-order valence-corrected chi connectivity index (χ1v) is 7.10. The number of ether oxygens (including phenoxy) is 2. The molecule has 0 spiro atoms. The van der Waals surface area contributed by atoms with Crippen LogP contribution in [0.25, 0.3) is 0 Å². The van der Waals surface area contributed by atoms with Gasteiger partial charge in [0.1, 0.15) is 6.61 Å². The number of fused-ring (bicyclic) bond motifs is 1. The topological polar surface area (TPSA) is 21.7 Å². The highest BCUT2D eigenvalue weighted by Gasteiger charge is 2.41. The van der Waals surface area contributed by atoms with Gasteiger partial charge in [-0.2, -0.15) is 8.78 Å². The van der Waals surface area contributed by atoms with Crippen molar-refractivity contribution in [1.82, 2.24) is 4.90 Å². The molecular weight excluding hydrogens is 278 g/mol. The van der Waals surface area contributed by atoms with Crippen molar-refractivity contribution in [3.05, 3.63) is 0 Å². The van der Waals surface area contributed by atoms with Gasteiger partial charge in [-0.05, 0) is 12.8 Å². The molecule has 1 aliphatic carbocycles. The Bertz CT molecular complexity index is 302. The van der Waals surface area contributed by atoms with E-state index in [1.807, 2.05) is 0 Å². The summed E-state index contributed by atoms with van der Waals surface area (Å²) in [5.74, 6) is -4.06. The summed E-state index contributed by atoms with van der Waals surface area (Å²) in [6.07, 6.45) is 0.925. The molecular formula is C13H21F4NO2. The Kier molecular flexibility index (Phi) is 5.63. The molecule has 0 radical (unpaired) electrons. The maximum Gasteiger partial charge on any atom is 0.330 e. The van der Waals surface area contributed by atoms with Crippen LogP contribution in [-0.4, -0.2) is 62.3 Å². The van der Waals surface area contributed by atoms with Crippen LogP contribution in [0.15, 0.2) is 0 Å². The largest absolute Gasteiger partial charge is 0.375 e. The van der Waals surface area contributed by atoms with Crippen molar-refractivity contribution in [2.24, 2.45) is 0 Å². The molecule has 1 saturated heterocycles. The zero-order chi connectivity index (χ0) is 14.6. The van der Waals surface area contributed by atoms with Gasteiger partial charge >= 0.3 is 12.3 Å². The smallest absolute Gasteiger partial charge is 0.330 e. The molecule has 1 aliphatic heterocycles. The van der Waals surface area contributed by atoms with Crippen molar-refractivity contribution < 1.29 is 27.0 Å². The van der Waals surface area contributed by atoms with Crippen molar-refractivity contribution in [2.75, 3.05) is 32.9 Å². The van der Waals surface area contributed by atoms with E-state index in [0.717, 1.165) is 32.2 Å². The lowest BCUT2D eigenvalue weighted by atomic mass is 9.90. The number of halogens is 4. The fourth-order valence-electron chi connectivity index (χ4n) is 2.91. The number of nitrogens with zero attached hydrogens (tertiary/aromatic N) is 1. The summed E-state index contributed by atoms with van der Waals surface area (Å²) in [5.41, 5.74) is 0.